The third-order valence-electron chi connectivity index (χ3n) is 4.10. The predicted octanol–water partition coefficient (Wildman–Crippen LogP) is 2.43. The van der Waals surface area contributed by atoms with E-state index in [1.54, 1.807) is 13.8 Å². The van der Waals surface area contributed by atoms with E-state index in [9.17, 15) is 9.59 Å². The van der Waals surface area contributed by atoms with E-state index in [2.05, 4.69) is 11.9 Å². The average Bonchev–Trinajstić information content (AvgIpc) is 2.73. The molecule has 1 atom stereocenters. The molecule has 20 heavy (non-hydrogen) atoms. The Hall–Kier alpha value is -1.78. The van der Waals surface area contributed by atoms with Crippen molar-refractivity contribution in [3.05, 3.63) is 22.5 Å². The first-order valence-corrected chi connectivity index (χ1v) is 7.05. The van der Waals surface area contributed by atoms with Gasteiger partial charge in [0.05, 0.1) is 12.7 Å². The van der Waals surface area contributed by atoms with Crippen molar-refractivity contribution < 1.29 is 14.3 Å². The van der Waals surface area contributed by atoms with Gasteiger partial charge in [0.25, 0.3) is 5.91 Å². The Morgan fingerprint density at radius 2 is 2.00 bits per heavy atom. The van der Waals surface area contributed by atoms with Crippen LogP contribution in [0.2, 0.25) is 0 Å². The van der Waals surface area contributed by atoms with Crippen molar-refractivity contribution in [3.8, 4) is 0 Å². The molecule has 5 nitrogen and oxygen atoms in total. The van der Waals surface area contributed by atoms with Gasteiger partial charge in [-0.15, -0.1) is 0 Å². The number of hydrogen-bond donors (Lipinski definition) is 1. The van der Waals surface area contributed by atoms with Crippen LogP contribution in [0.5, 0.6) is 0 Å². The molecule has 1 aromatic rings. The lowest BCUT2D eigenvalue weighted by atomic mass is 10.0. The number of H-pyrrole nitrogens is 1. The van der Waals surface area contributed by atoms with Crippen LogP contribution in [-0.4, -0.2) is 41.5 Å². The summed E-state index contributed by atoms with van der Waals surface area (Å²) in [5.74, 6) is -0.421. The minimum atomic E-state index is -0.401. The van der Waals surface area contributed by atoms with E-state index in [1.807, 2.05) is 4.90 Å². The predicted molar refractivity (Wildman–Crippen MR) is 76.0 cm³/mol. The fraction of sp³-hybridized carbons (Fsp3) is 0.600. The van der Waals surface area contributed by atoms with E-state index in [0.717, 1.165) is 19.4 Å². The van der Waals surface area contributed by atoms with Crippen LogP contribution < -0.4 is 0 Å². The molecule has 1 aromatic heterocycles. The molecule has 1 unspecified atom stereocenters. The molecule has 110 valence electrons. The minimum absolute atomic E-state index is 0.0204. The van der Waals surface area contributed by atoms with Crippen molar-refractivity contribution in [1.82, 2.24) is 9.88 Å². The van der Waals surface area contributed by atoms with Crippen molar-refractivity contribution >= 4 is 11.9 Å². The zero-order valence-electron chi connectivity index (χ0n) is 12.6. The van der Waals surface area contributed by atoms with Gasteiger partial charge in [0.15, 0.2) is 0 Å². The summed E-state index contributed by atoms with van der Waals surface area (Å²) in [6.07, 6.45) is 3.24. The number of nitrogens with one attached hydrogen (secondary N) is 1. The fourth-order valence-electron chi connectivity index (χ4n) is 2.92. The lowest BCUT2D eigenvalue weighted by Gasteiger charge is -2.33. The first kappa shape index (κ1) is 14.6. The van der Waals surface area contributed by atoms with Crippen LogP contribution in [0, 0.1) is 13.8 Å². The van der Waals surface area contributed by atoms with E-state index in [4.69, 9.17) is 4.74 Å². The van der Waals surface area contributed by atoms with Crippen LogP contribution >= 0.6 is 0 Å². The summed E-state index contributed by atoms with van der Waals surface area (Å²) in [7, 11) is 1.35. The van der Waals surface area contributed by atoms with Crippen molar-refractivity contribution in [2.75, 3.05) is 13.7 Å². The van der Waals surface area contributed by atoms with E-state index in [0.29, 0.717) is 22.5 Å². The molecular formula is C15H22N2O3. The Kier molecular flexibility index (Phi) is 4.16. The normalized spacial score (nSPS) is 19.0. The first-order chi connectivity index (χ1) is 9.47. The maximum Gasteiger partial charge on any atom is 0.339 e. The molecule has 2 rings (SSSR count). The number of ether oxygens (including phenoxy) is 1. The maximum atomic E-state index is 12.7. The molecule has 5 heteroatoms. The van der Waals surface area contributed by atoms with Crippen molar-refractivity contribution in [2.24, 2.45) is 0 Å². The summed E-state index contributed by atoms with van der Waals surface area (Å²) in [6, 6.07) is 0.251. The van der Waals surface area contributed by atoms with Gasteiger partial charge in [-0.1, -0.05) is 0 Å². The highest BCUT2D eigenvalue weighted by molar-refractivity contribution is 6.00. The number of carbonyl (C=O) groups excluding carboxylic acids is 2. The van der Waals surface area contributed by atoms with E-state index >= 15 is 0 Å². The number of aromatic nitrogens is 1. The molecule has 0 radical (unpaired) electrons. The Bertz CT molecular complexity index is 533. The number of nitrogens with zero attached hydrogens (tertiary/aromatic N) is 1. The Morgan fingerprint density at radius 3 is 2.60 bits per heavy atom. The van der Waals surface area contributed by atoms with Gasteiger partial charge in [-0.25, -0.2) is 4.79 Å². The average molecular weight is 278 g/mol. The Balaban J connectivity index is 2.33. The molecule has 0 aromatic carbocycles. The zero-order chi connectivity index (χ0) is 14.9. The van der Waals surface area contributed by atoms with Crippen molar-refractivity contribution in [2.45, 2.75) is 46.1 Å². The second kappa shape index (κ2) is 5.69. The second-order valence-corrected chi connectivity index (χ2v) is 5.46. The van der Waals surface area contributed by atoms with Crippen LogP contribution in [0.15, 0.2) is 0 Å². The number of esters is 1. The summed E-state index contributed by atoms with van der Waals surface area (Å²) < 4.78 is 4.77. The van der Waals surface area contributed by atoms with Gasteiger partial charge in [0.1, 0.15) is 5.69 Å². The molecule has 2 heterocycles. The Labute approximate surface area is 119 Å². The fourth-order valence-corrected chi connectivity index (χ4v) is 2.92. The Morgan fingerprint density at radius 1 is 1.30 bits per heavy atom. The van der Waals surface area contributed by atoms with Gasteiger partial charge in [-0.05, 0) is 45.6 Å². The summed E-state index contributed by atoms with van der Waals surface area (Å²) in [6.45, 7) is 6.43. The molecular weight excluding hydrogens is 256 g/mol. The summed E-state index contributed by atoms with van der Waals surface area (Å²) in [5, 5.41) is 0. The smallest absolute Gasteiger partial charge is 0.339 e. The highest BCUT2D eigenvalue weighted by Gasteiger charge is 2.29. The van der Waals surface area contributed by atoms with Crippen molar-refractivity contribution in [1.29, 1.82) is 0 Å². The monoisotopic (exact) mass is 278 g/mol. The van der Waals surface area contributed by atoms with Gasteiger partial charge in [0, 0.05) is 18.3 Å². The zero-order valence-corrected chi connectivity index (χ0v) is 12.6. The number of rotatable bonds is 2. The molecule has 1 aliphatic heterocycles. The lowest BCUT2D eigenvalue weighted by molar-refractivity contribution is 0.0599. The molecule has 0 bridgehead atoms. The quantitative estimate of drug-likeness (QED) is 0.845. The highest BCUT2D eigenvalue weighted by Crippen LogP contribution is 2.24. The van der Waals surface area contributed by atoms with E-state index in [1.165, 1.54) is 13.5 Å². The highest BCUT2D eigenvalue weighted by atomic mass is 16.5. The molecule has 0 spiro atoms. The molecule has 1 N–H and O–H groups in total. The summed E-state index contributed by atoms with van der Waals surface area (Å²) in [4.78, 5) is 29.4. The number of methoxy groups -OCH3 is 1. The van der Waals surface area contributed by atoms with Crippen molar-refractivity contribution in [3.63, 3.8) is 0 Å². The van der Waals surface area contributed by atoms with Crippen LogP contribution in [0.4, 0.5) is 0 Å². The topological polar surface area (TPSA) is 62.4 Å². The third-order valence-corrected chi connectivity index (χ3v) is 4.10. The SMILES string of the molecule is COC(=O)c1c(C)[nH]c(C(=O)N2CCCCC2C)c1C. The van der Waals surface area contributed by atoms with Crippen LogP contribution in [0.1, 0.15) is 58.3 Å². The van der Waals surface area contributed by atoms with Crippen LogP contribution in [-0.2, 0) is 4.74 Å². The standard InChI is InChI=1S/C15H22N2O3/c1-9-7-5-6-8-17(9)14(18)13-10(2)12(11(3)16-13)15(19)20-4/h9,16H,5-8H2,1-4H3. The molecule has 1 aliphatic rings. The number of hydrogen-bond acceptors (Lipinski definition) is 3. The first-order valence-electron chi connectivity index (χ1n) is 7.05. The van der Waals surface area contributed by atoms with Gasteiger partial charge in [0.2, 0.25) is 0 Å². The largest absolute Gasteiger partial charge is 0.465 e. The number of piperidine rings is 1. The van der Waals surface area contributed by atoms with Gasteiger partial charge in [-0.2, -0.15) is 0 Å². The van der Waals surface area contributed by atoms with Crippen LogP contribution in [0.3, 0.4) is 0 Å². The lowest BCUT2D eigenvalue weighted by Crippen LogP contribution is -2.42. The van der Waals surface area contributed by atoms with Gasteiger partial charge < -0.3 is 14.6 Å². The number of aromatic amines is 1. The second-order valence-electron chi connectivity index (χ2n) is 5.46. The molecule has 1 saturated heterocycles. The number of aryl methyl sites for hydroxylation is 1. The number of carbonyl (C=O) groups is 2. The van der Waals surface area contributed by atoms with Gasteiger partial charge >= 0.3 is 5.97 Å². The minimum Gasteiger partial charge on any atom is -0.465 e. The maximum absolute atomic E-state index is 12.7. The number of amides is 1. The number of likely N-dealkylation sites (tertiary alicyclic amines) is 1. The summed E-state index contributed by atoms with van der Waals surface area (Å²) in [5.41, 5.74) is 2.34. The van der Waals surface area contributed by atoms with Crippen LogP contribution in [0.25, 0.3) is 0 Å². The van der Waals surface area contributed by atoms with E-state index in [-0.39, 0.29) is 11.9 Å². The molecule has 0 aliphatic carbocycles. The third kappa shape index (κ3) is 2.44. The van der Waals surface area contributed by atoms with Gasteiger partial charge in [-0.3, -0.25) is 4.79 Å². The van der Waals surface area contributed by atoms with E-state index < -0.39 is 5.97 Å². The molecule has 0 saturated carbocycles. The molecule has 1 fully saturated rings. The molecule has 1 amide bonds. The summed E-state index contributed by atoms with van der Waals surface area (Å²) >= 11 is 0.